The Hall–Kier alpha value is -2.70. The van der Waals surface area contributed by atoms with E-state index in [1.807, 2.05) is 36.0 Å². The summed E-state index contributed by atoms with van der Waals surface area (Å²) in [6.45, 7) is 5.82. The van der Waals surface area contributed by atoms with Crippen molar-refractivity contribution in [2.24, 2.45) is 13.0 Å². The van der Waals surface area contributed by atoms with Crippen molar-refractivity contribution in [2.75, 3.05) is 20.1 Å². The number of benzene rings is 2. The van der Waals surface area contributed by atoms with Crippen LogP contribution in [-0.2, 0) is 26.6 Å². The second kappa shape index (κ2) is 10.5. The molecule has 1 aromatic heterocycles. The lowest BCUT2D eigenvalue weighted by Gasteiger charge is -2.40. The number of nitrogens with zero attached hydrogens (tertiary/aromatic N) is 4. The summed E-state index contributed by atoms with van der Waals surface area (Å²) in [6, 6.07) is 14.9. The van der Waals surface area contributed by atoms with Crippen LogP contribution in [0.25, 0.3) is 0 Å². The summed E-state index contributed by atoms with van der Waals surface area (Å²) in [5, 5.41) is 14.0. The summed E-state index contributed by atoms with van der Waals surface area (Å²) in [5.41, 5.74) is 4.29. The minimum absolute atomic E-state index is 0.113. The van der Waals surface area contributed by atoms with E-state index >= 15 is 0 Å². The summed E-state index contributed by atoms with van der Waals surface area (Å²) in [5.74, 6) is 0.696. The van der Waals surface area contributed by atoms with Crippen molar-refractivity contribution < 1.29 is 9.50 Å². The molecule has 33 heavy (non-hydrogen) atoms. The van der Waals surface area contributed by atoms with Crippen LogP contribution in [0.2, 0.25) is 0 Å². The lowest BCUT2D eigenvalue weighted by molar-refractivity contribution is 0.0948. The minimum atomic E-state index is -0.113. The third kappa shape index (κ3) is 6.01. The molecule has 0 aliphatic carbocycles. The van der Waals surface area contributed by atoms with Crippen LogP contribution in [0, 0.1) is 18.7 Å². The molecular formula is C27H35FN4O. The highest BCUT2D eigenvalue weighted by Crippen LogP contribution is 2.29. The maximum atomic E-state index is 14.5. The van der Waals surface area contributed by atoms with Gasteiger partial charge >= 0.3 is 0 Å². The number of aromatic hydroxyl groups is 1. The average Bonchev–Trinajstić information content (AvgIpc) is 3.11. The molecule has 1 aliphatic heterocycles. The fourth-order valence-corrected chi connectivity index (χ4v) is 5.12. The monoisotopic (exact) mass is 450 g/mol. The van der Waals surface area contributed by atoms with E-state index < -0.39 is 0 Å². The molecule has 0 unspecified atom stereocenters. The number of aromatic nitrogens is 2. The number of hydrogen-bond acceptors (Lipinski definition) is 4. The SMILES string of the molecule is Cc1nn(C)cc1CN(C)[C@@H](Cc1ccccc1F)C1CCN(Cc2ccc(O)cc2)CC1. The Bertz CT molecular complexity index is 1040. The van der Waals surface area contributed by atoms with Crippen molar-refractivity contribution in [1.82, 2.24) is 19.6 Å². The first-order valence-corrected chi connectivity index (χ1v) is 11.8. The van der Waals surface area contributed by atoms with E-state index in [4.69, 9.17) is 0 Å². The van der Waals surface area contributed by atoms with Crippen molar-refractivity contribution >= 4 is 0 Å². The normalized spacial score (nSPS) is 16.4. The number of likely N-dealkylation sites (N-methyl/N-ethyl adjacent to an activating group) is 1. The molecule has 0 bridgehead atoms. The summed E-state index contributed by atoms with van der Waals surface area (Å²) < 4.78 is 16.4. The lowest BCUT2D eigenvalue weighted by Crippen LogP contribution is -2.45. The second-order valence-electron chi connectivity index (χ2n) is 9.47. The minimum Gasteiger partial charge on any atom is -0.508 e. The van der Waals surface area contributed by atoms with Gasteiger partial charge in [0.25, 0.3) is 0 Å². The number of piperidine rings is 1. The maximum absolute atomic E-state index is 14.5. The standard InChI is InChI=1S/C27H35FN4O/c1-20-24(19-31(3)29-20)18-30(2)27(16-23-6-4-5-7-26(23)28)22-12-14-32(15-13-22)17-21-8-10-25(33)11-9-21/h4-11,19,22,27,33H,12-18H2,1-3H3/t27-/m0/s1. The molecule has 4 rings (SSSR count). The molecule has 1 N–H and O–H groups in total. The van der Waals surface area contributed by atoms with Gasteiger partial charge in [-0.2, -0.15) is 5.10 Å². The van der Waals surface area contributed by atoms with Crippen molar-refractivity contribution in [3.05, 3.63) is 82.9 Å². The van der Waals surface area contributed by atoms with E-state index in [0.29, 0.717) is 18.1 Å². The number of phenols is 1. The van der Waals surface area contributed by atoms with E-state index in [9.17, 15) is 9.50 Å². The molecule has 0 amide bonds. The van der Waals surface area contributed by atoms with Crippen LogP contribution in [0.4, 0.5) is 4.39 Å². The van der Waals surface area contributed by atoms with Crippen LogP contribution >= 0.6 is 0 Å². The van der Waals surface area contributed by atoms with Gasteiger partial charge in [0, 0.05) is 37.9 Å². The highest BCUT2D eigenvalue weighted by Gasteiger charge is 2.30. The predicted molar refractivity (Wildman–Crippen MR) is 129 cm³/mol. The number of rotatable bonds is 8. The number of hydrogen-bond donors (Lipinski definition) is 1. The smallest absolute Gasteiger partial charge is 0.126 e. The van der Waals surface area contributed by atoms with Gasteiger partial charge in [0.2, 0.25) is 0 Å². The Morgan fingerprint density at radius 3 is 2.42 bits per heavy atom. The molecule has 0 spiro atoms. The third-order valence-electron chi connectivity index (χ3n) is 7.01. The van der Waals surface area contributed by atoms with Crippen LogP contribution in [0.1, 0.15) is 35.2 Å². The Kier molecular flexibility index (Phi) is 7.46. The number of halogens is 1. The Balaban J connectivity index is 1.45. The molecule has 1 saturated heterocycles. The fraction of sp³-hybridized carbons (Fsp3) is 0.444. The van der Waals surface area contributed by atoms with Gasteiger partial charge in [-0.3, -0.25) is 14.5 Å². The summed E-state index contributed by atoms with van der Waals surface area (Å²) >= 11 is 0. The van der Waals surface area contributed by atoms with Crippen LogP contribution in [0.5, 0.6) is 5.75 Å². The predicted octanol–water partition coefficient (Wildman–Crippen LogP) is 4.53. The van der Waals surface area contributed by atoms with E-state index in [1.165, 1.54) is 11.1 Å². The first-order valence-electron chi connectivity index (χ1n) is 11.8. The van der Waals surface area contributed by atoms with Gasteiger partial charge in [-0.1, -0.05) is 30.3 Å². The highest BCUT2D eigenvalue weighted by molar-refractivity contribution is 5.26. The molecule has 3 aromatic rings. The van der Waals surface area contributed by atoms with Crippen LogP contribution in [-0.4, -0.2) is 50.9 Å². The molecule has 5 nitrogen and oxygen atoms in total. The first kappa shape index (κ1) is 23.5. The van der Waals surface area contributed by atoms with Crippen molar-refractivity contribution in [3.63, 3.8) is 0 Å². The molecule has 1 atom stereocenters. The summed E-state index contributed by atoms with van der Waals surface area (Å²) in [6.07, 6.45) is 4.98. The van der Waals surface area contributed by atoms with E-state index in [2.05, 4.69) is 35.1 Å². The summed E-state index contributed by atoms with van der Waals surface area (Å²) in [4.78, 5) is 4.88. The van der Waals surface area contributed by atoms with Crippen molar-refractivity contribution in [2.45, 2.75) is 45.3 Å². The average molecular weight is 451 g/mol. The van der Waals surface area contributed by atoms with Gasteiger partial charge in [-0.25, -0.2) is 4.39 Å². The lowest BCUT2D eigenvalue weighted by atomic mass is 9.84. The molecule has 176 valence electrons. The molecule has 2 heterocycles. The largest absolute Gasteiger partial charge is 0.508 e. The number of likely N-dealkylation sites (tertiary alicyclic amines) is 1. The van der Waals surface area contributed by atoms with Crippen LogP contribution in [0.15, 0.2) is 54.7 Å². The van der Waals surface area contributed by atoms with E-state index in [0.717, 1.165) is 50.3 Å². The van der Waals surface area contributed by atoms with Gasteiger partial charge < -0.3 is 5.11 Å². The van der Waals surface area contributed by atoms with Crippen molar-refractivity contribution in [3.8, 4) is 5.75 Å². The molecule has 6 heteroatoms. The van der Waals surface area contributed by atoms with Crippen LogP contribution in [0.3, 0.4) is 0 Å². The van der Waals surface area contributed by atoms with Gasteiger partial charge in [0.1, 0.15) is 11.6 Å². The summed E-state index contributed by atoms with van der Waals surface area (Å²) in [7, 11) is 4.12. The molecule has 0 radical (unpaired) electrons. The quantitative estimate of drug-likeness (QED) is 0.548. The Labute approximate surface area is 196 Å². The number of aryl methyl sites for hydroxylation is 2. The van der Waals surface area contributed by atoms with E-state index in [1.54, 1.807) is 24.3 Å². The zero-order chi connectivity index (χ0) is 23.4. The van der Waals surface area contributed by atoms with Gasteiger partial charge in [0.15, 0.2) is 0 Å². The highest BCUT2D eigenvalue weighted by atomic mass is 19.1. The second-order valence-corrected chi connectivity index (χ2v) is 9.47. The zero-order valence-corrected chi connectivity index (χ0v) is 19.9. The van der Waals surface area contributed by atoms with Gasteiger partial charge in [-0.05, 0) is 81.6 Å². The van der Waals surface area contributed by atoms with Crippen LogP contribution < -0.4 is 0 Å². The Morgan fingerprint density at radius 1 is 1.09 bits per heavy atom. The third-order valence-corrected chi connectivity index (χ3v) is 7.01. The first-order chi connectivity index (χ1) is 15.9. The molecular weight excluding hydrogens is 415 g/mol. The maximum Gasteiger partial charge on any atom is 0.126 e. The zero-order valence-electron chi connectivity index (χ0n) is 19.9. The van der Waals surface area contributed by atoms with E-state index in [-0.39, 0.29) is 11.9 Å². The topological polar surface area (TPSA) is 44.5 Å². The van der Waals surface area contributed by atoms with Gasteiger partial charge in [0.05, 0.1) is 5.69 Å². The molecule has 2 aromatic carbocycles. The van der Waals surface area contributed by atoms with Gasteiger partial charge in [-0.15, -0.1) is 0 Å². The molecule has 0 saturated carbocycles. The fourth-order valence-electron chi connectivity index (χ4n) is 5.12. The molecule has 1 aliphatic rings. The Morgan fingerprint density at radius 2 is 1.79 bits per heavy atom. The number of phenolic OH excluding ortho intramolecular Hbond substituents is 1. The van der Waals surface area contributed by atoms with Crippen molar-refractivity contribution in [1.29, 1.82) is 0 Å². The molecule has 1 fully saturated rings.